The van der Waals surface area contributed by atoms with Gasteiger partial charge < -0.3 is 10.1 Å². The molecule has 1 aliphatic carbocycles. The van der Waals surface area contributed by atoms with Crippen LogP contribution >= 0.6 is 0 Å². The largest absolute Gasteiger partial charge is 0.377 e. The fourth-order valence-corrected chi connectivity index (χ4v) is 3.92. The lowest BCUT2D eigenvalue weighted by Crippen LogP contribution is -2.58. The molecule has 2 unspecified atom stereocenters. The van der Waals surface area contributed by atoms with Crippen molar-refractivity contribution in [3.05, 3.63) is 0 Å². The van der Waals surface area contributed by atoms with Crippen LogP contribution in [-0.4, -0.2) is 49.3 Å². The third-order valence-corrected chi connectivity index (χ3v) is 5.23. The number of nitrogens with zero attached hydrogens (tertiary/aromatic N) is 1. The SMILES string of the molecule is CCCC1CN(CCOC2CCCCC2)C(C(C)C)CN1. The van der Waals surface area contributed by atoms with Gasteiger partial charge in [-0.05, 0) is 25.2 Å². The van der Waals surface area contributed by atoms with Gasteiger partial charge in [-0.15, -0.1) is 0 Å². The van der Waals surface area contributed by atoms with Crippen LogP contribution in [-0.2, 0) is 4.74 Å². The summed E-state index contributed by atoms with van der Waals surface area (Å²) in [7, 11) is 0. The molecule has 1 saturated heterocycles. The zero-order valence-electron chi connectivity index (χ0n) is 14.4. The van der Waals surface area contributed by atoms with Gasteiger partial charge in [0.15, 0.2) is 0 Å². The van der Waals surface area contributed by atoms with E-state index in [2.05, 4.69) is 31.0 Å². The molecule has 2 aliphatic rings. The molecule has 1 aliphatic heterocycles. The first-order chi connectivity index (χ1) is 10.2. The van der Waals surface area contributed by atoms with Gasteiger partial charge in [-0.3, -0.25) is 4.90 Å². The number of ether oxygens (including phenoxy) is 1. The summed E-state index contributed by atoms with van der Waals surface area (Å²) in [6.45, 7) is 11.4. The lowest BCUT2D eigenvalue weighted by molar-refractivity contribution is -0.00175. The molecular formula is C18H36N2O. The molecule has 1 saturated carbocycles. The van der Waals surface area contributed by atoms with Crippen molar-refractivity contribution in [2.75, 3.05) is 26.2 Å². The van der Waals surface area contributed by atoms with Crippen LogP contribution in [0.15, 0.2) is 0 Å². The molecule has 0 aromatic heterocycles. The van der Waals surface area contributed by atoms with Crippen LogP contribution in [0.5, 0.6) is 0 Å². The smallest absolute Gasteiger partial charge is 0.0597 e. The van der Waals surface area contributed by atoms with Crippen molar-refractivity contribution in [3.63, 3.8) is 0 Å². The lowest BCUT2D eigenvalue weighted by Gasteiger charge is -2.42. The van der Waals surface area contributed by atoms with Crippen molar-refractivity contribution in [2.24, 2.45) is 5.92 Å². The summed E-state index contributed by atoms with van der Waals surface area (Å²) in [6.07, 6.45) is 9.83. The van der Waals surface area contributed by atoms with Gasteiger partial charge in [-0.25, -0.2) is 0 Å². The van der Waals surface area contributed by atoms with Crippen molar-refractivity contribution in [3.8, 4) is 0 Å². The number of hydrogen-bond acceptors (Lipinski definition) is 3. The molecule has 2 fully saturated rings. The molecule has 0 aromatic carbocycles. The standard InChI is InChI=1S/C18H36N2O/c1-4-8-16-14-20(18(13-19-16)15(2)3)11-12-21-17-9-6-5-7-10-17/h15-19H,4-14H2,1-3H3. The summed E-state index contributed by atoms with van der Waals surface area (Å²) in [5, 5.41) is 3.74. The average Bonchev–Trinajstić information content (AvgIpc) is 2.49. The minimum absolute atomic E-state index is 0.547. The van der Waals surface area contributed by atoms with Crippen LogP contribution < -0.4 is 5.32 Å². The Kier molecular flexibility index (Phi) is 7.48. The van der Waals surface area contributed by atoms with E-state index in [1.54, 1.807) is 0 Å². The van der Waals surface area contributed by atoms with Crippen molar-refractivity contribution in [1.82, 2.24) is 10.2 Å². The average molecular weight is 296 g/mol. The van der Waals surface area contributed by atoms with Crippen LogP contribution in [0, 0.1) is 5.92 Å². The van der Waals surface area contributed by atoms with Crippen LogP contribution in [0.2, 0.25) is 0 Å². The van der Waals surface area contributed by atoms with Gasteiger partial charge in [0.1, 0.15) is 0 Å². The summed E-state index contributed by atoms with van der Waals surface area (Å²) in [4.78, 5) is 2.68. The van der Waals surface area contributed by atoms with Crippen molar-refractivity contribution < 1.29 is 4.74 Å². The zero-order chi connectivity index (χ0) is 15.1. The van der Waals surface area contributed by atoms with Gasteiger partial charge in [-0.1, -0.05) is 46.5 Å². The molecule has 0 aromatic rings. The van der Waals surface area contributed by atoms with E-state index in [9.17, 15) is 0 Å². The Balaban J connectivity index is 1.75. The molecule has 124 valence electrons. The van der Waals surface area contributed by atoms with E-state index < -0.39 is 0 Å². The molecule has 0 bridgehead atoms. The molecule has 3 nitrogen and oxygen atoms in total. The Hall–Kier alpha value is -0.120. The summed E-state index contributed by atoms with van der Waals surface area (Å²) in [6, 6.07) is 1.35. The van der Waals surface area contributed by atoms with Crippen molar-refractivity contribution in [2.45, 2.75) is 83.9 Å². The molecule has 21 heavy (non-hydrogen) atoms. The van der Waals surface area contributed by atoms with E-state index >= 15 is 0 Å². The molecule has 0 spiro atoms. The minimum atomic E-state index is 0.547. The third kappa shape index (κ3) is 5.54. The fraction of sp³-hybridized carbons (Fsp3) is 1.00. The molecule has 0 radical (unpaired) electrons. The maximum absolute atomic E-state index is 6.15. The highest BCUT2D eigenvalue weighted by atomic mass is 16.5. The van der Waals surface area contributed by atoms with Crippen LogP contribution in [0.1, 0.15) is 65.7 Å². The van der Waals surface area contributed by atoms with E-state index in [0.717, 1.165) is 25.6 Å². The highest BCUT2D eigenvalue weighted by Crippen LogP contribution is 2.21. The maximum Gasteiger partial charge on any atom is 0.0597 e. The monoisotopic (exact) mass is 296 g/mol. The molecule has 2 atom stereocenters. The normalized spacial score (nSPS) is 29.1. The number of hydrogen-bond donors (Lipinski definition) is 1. The van der Waals surface area contributed by atoms with Crippen LogP contribution in [0.3, 0.4) is 0 Å². The number of piperazine rings is 1. The number of rotatable bonds is 7. The van der Waals surface area contributed by atoms with Gasteiger partial charge in [0.2, 0.25) is 0 Å². The molecule has 0 amide bonds. The van der Waals surface area contributed by atoms with Crippen LogP contribution in [0.25, 0.3) is 0 Å². The fourth-order valence-electron chi connectivity index (χ4n) is 3.92. The Labute approximate surface area is 131 Å². The Bertz CT molecular complexity index is 276. The predicted molar refractivity (Wildman–Crippen MR) is 89.7 cm³/mol. The first-order valence-corrected chi connectivity index (χ1v) is 9.29. The van der Waals surface area contributed by atoms with Crippen LogP contribution in [0.4, 0.5) is 0 Å². The van der Waals surface area contributed by atoms with E-state index in [4.69, 9.17) is 4.74 Å². The summed E-state index contributed by atoms with van der Waals surface area (Å²) in [5.41, 5.74) is 0. The molecule has 1 N–H and O–H groups in total. The van der Waals surface area contributed by atoms with Crippen molar-refractivity contribution in [1.29, 1.82) is 0 Å². The lowest BCUT2D eigenvalue weighted by atomic mass is 9.97. The Morgan fingerprint density at radius 3 is 2.62 bits per heavy atom. The first kappa shape index (κ1) is 17.2. The van der Waals surface area contributed by atoms with Gasteiger partial charge in [-0.2, -0.15) is 0 Å². The Morgan fingerprint density at radius 2 is 1.95 bits per heavy atom. The quantitative estimate of drug-likeness (QED) is 0.779. The van der Waals surface area contributed by atoms with E-state index in [-0.39, 0.29) is 0 Å². The second-order valence-corrected chi connectivity index (χ2v) is 7.33. The highest BCUT2D eigenvalue weighted by molar-refractivity contribution is 4.87. The highest BCUT2D eigenvalue weighted by Gasteiger charge is 2.29. The predicted octanol–water partition coefficient (Wildman–Crippen LogP) is 3.43. The van der Waals surface area contributed by atoms with Gasteiger partial charge >= 0.3 is 0 Å². The van der Waals surface area contributed by atoms with Gasteiger partial charge in [0.25, 0.3) is 0 Å². The van der Waals surface area contributed by atoms with Crippen molar-refractivity contribution >= 4 is 0 Å². The molecule has 1 heterocycles. The molecule has 3 heteroatoms. The van der Waals surface area contributed by atoms with E-state index in [1.807, 2.05) is 0 Å². The zero-order valence-corrected chi connectivity index (χ0v) is 14.4. The molecule has 2 rings (SSSR count). The van der Waals surface area contributed by atoms with E-state index in [0.29, 0.717) is 18.2 Å². The summed E-state index contributed by atoms with van der Waals surface area (Å²) >= 11 is 0. The third-order valence-electron chi connectivity index (χ3n) is 5.23. The number of nitrogens with one attached hydrogen (secondary N) is 1. The second-order valence-electron chi connectivity index (χ2n) is 7.33. The van der Waals surface area contributed by atoms with E-state index in [1.165, 1.54) is 51.5 Å². The maximum atomic E-state index is 6.15. The summed E-state index contributed by atoms with van der Waals surface area (Å²) in [5.74, 6) is 0.717. The second kappa shape index (κ2) is 9.12. The topological polar surface area (TPSA) is 24.5 Å². The first-order valence-electron chi connectivity index (χ1n) is 9.29. The van der Waals surface area contributed by atoms with Gasteiger partial charge in [0, 0.05) is 31.7 Å². The molecular weight excluding hydrogens is 260 g/mol. The Morgan fingerprint density at radius 1 is 1.19 bits per heavy atom. The summed E-state index contributed by atoms with van der Waals surface area (Å²) < 4.78 is 6.15. The minimum Gasteiger partial charge on any atom is -0.377 e. The van der Waals surface area contributed by atoms with Gasteiger partial charge in [0.05, 0.1) is 12.7 Å².